The minimum absolute atomic E-state index is 0.221. The van der Waals surface area contributed by atoms with Crippen LogP contribution >= 0.6 is 11.3 Å². The number of fused-ring (bicyclic) bond motifs is 1. The zero-order valence-electron chi connectivity index (χ0n) is 13.2. The van der Waals surface area contributed by atoms with E-state index in [0.29, 0.717) is 5.92 Å². The number of benzene rings is 1. The van der Waals surface area contributed by atoms with Gasteiger partial charge in [0.15, 0.2) is 0 Å². The Morgan fingerprint density at radius 1 is 1.29 bits per heavy atom. The number of hydrogen-bond acceptors (Lipinski definition) is 5. The molecule has 1 aromatic carbocycles. The normalized spacial score (nSPS) is 17.0. The van der Waals surface area contributed by atoms with E-state index < -0.39 is 0 Å². The van der Waals surface area contributed by atoms with Crippen LogP contribution in [-0.4, -0.2) is 26.3 Å². The molecule has 7 heteroatoms. The van der Waals surface area contributed by atoms with Crippen LogP contribution in [-0.2, 0) is 19.5 Å². The summed E-state index contributed by atoms with van der Waals surface area (Å²) in [5.41, 5.74) is 1.99. The first kappa shape index (κ1) is 15.4. The van der Waals surface area contributed by atoms with Gasteiger partial charge in [-0.1, -0.05) is 0 Å². The molecule has 1 atom stereocenters. The average Bonchev–Trinajstić information content (AvgIpc) is 3.24. The summed E-state index contributed by atoms with van der Waals surface area (Å²) >= 11 is 1.59. The summed E-state index contributed by atoms with van der Waals surface area (Å²) in [6.45, 7) is 2.69. The molecule has 0 spiro atoms. The second kappa shape index (κ2) is 6.78. The predicted molar refractivity (Wildman–Crippen MR) is 91.0 cm³/mol. The van der Waals surface area contributed by atoms with Crippen molar-refractivity contribution < 1.29 is 4.39 Å². The van der Waals surface area contributed by atoms with E-state index >= 15 is 0 Å². The molecule has 0 bridgehead atoms. The molecule has 124 valence electrons. The fourth-order valence-electron chi connectivity index (χ4n) is 3.01. The molecule has 3 aromatic rings. The van der Waals surface area contributed by atoms with E-state index in [0.717, 1.165) is 54.6 Å². The fraction of sp³-hybridized carbons (Fsp3) is 0.353. The summed E-state index contributed by atoms with van der Waals surface area (Å²) < 4.78 is 15.1. The summed E-state index contributed by atoms with van der Waals surface area (Å²) in [5.74, 6) is 1.47. The summed E-state index contributed by atoms with van der Waals surface area (Å²) in [7, 11) is 0. The van der Waals surface area contributed by atoms with Gasteiger partial charge >= 0.3 is 0 Å². The number of thiazole rings is 1. The smallest absolute Gasteiger partial charge is 0.132 e. The van der Waals surface area contributed by atoms with Crippen molar-refractivity contribution in [3.05, 3.63) is 53.3 Å². The van der Waals surface area contributed by atoms with Gasteiger partial charge in [-0.25, -0.2) is 9.37 Å². The Morgan fingerprint density at radius 2 is 2.17 bits per heavy atom. The molecule has 0 radical (unpaired) electrons. The number of aryl methyl sites for hydroxylation is 1. The van der Waals surface area contributed by atoms with E-state index in [4.69, 9.17) is 0 Å². The highest BCUT2D eigenvalue weighted by molar-refractivity contribution is 7.13. The second-order valence-corrected chi connectivity index (χ2v) is 6.94. The van der Waals surface area contributed by atoms with Crippen molar-refractivity contribution in [2.75, 3.05) is 6.54 Å². The van der Waals surface area contributed by atoms with Crippen molar-refractivity contribution in [1.29, 1.82) is 0 Å². The monoisotopic (exact) mass is 343 g/mol. The van der Waals surface area contributed by atoms with Gasteiger partial charge in [-0.05, 0) is 36.6 Å². The molecule has 24 heavy (non-hydrogen) atoms. The van der Waals surface area contributed by atoms with Gasteiger partial charge in [0.25, 0.3) is 0 Å². The number of aromatic nitrogens is 4. The van der Waals surface area contributed by atoms with Crippen molar-refractivity contribution in [1.82, 2.24) is 25.1 Å². The van der Waals surface area contributed by atoms with Gasteiger partial charge in [0.2, 0.25) is 0 Å². The highest BCUT2D eigenvalue weighted by atomic mass is 32.1. The van der Waals surface area contributed by atoms with Crippen LogP contribution in [0.4, 0.5) is 4.39 Å². The highest BCUT2D eigenvalue weighted by Crippen LogP contribution is 2.24. The third-order valence-corrected chi connectivity index (χ3v) is 5.25. The molecule has 1 aliphatic rings. The molecular weight excluding hydrogens is 325 g/mol. The summed E-state index contributed by atoms with van der Waals surface area (Å²) in [4.78, 5) is 4.63. The summed E-state index contributed by atoms with van der Waals surface area (Å²) in [6.07, 6.45) is 3.96. The molecule has 4 rings (SSSR count). The van der Waals surface area contributed by atoms with Gasteiger partial charge in [-0.3, -0.25) is 0 Å². The largest absolute Gasteiger partial charge is 0.317 e. The van der Waals surface area contributed by atoms with E-state index in [9.17, 15) is 4.39 Å². The van der Waals surface area contributed by atoms with Crippen LogP contribution in [0.2, 0.25) is 0 Å². The molecule has 0 unspecified atom stereocenters. The van der Waals surface area contributed by atoms with Crippen LogP contribution in [0.25, 0.3) is 10.6 Å². The van der Waals surface area contributed by atoms with Crippen LogP contribution in [0.5, 0.6) is 0 Å². The quantitative estimate of drug-likeness (QED) is 0.774. The molecule has 0 aliphatic carbocycles. The average molecular weight is 343 g/mol. The molecule has 0 amide bonds. The van der Waals surface area contributed by atoms with Crippen LogP contribution in [0.15, 0.2) is 36.0 Å². The summed E-state index contributed by atoms with van der Waals surface area (Å²) in [5, 5.41) is 14.6. The Hall–Kier alpha value is -2.12. The number of nitrogens with one attached hydrogen (secondary N) is 1. The molecule has 0 fully saturated rings. The first-order valence-electron chi connectivity index (χ1n) is 8.05. The maximum Gasteiger partial charge on any atom is 0.132 e. The van der Waals surface area contributed by atoms with Gasteiger partial charge in [0, 0.05) is 37.0 Å². The Bertz CT molecular complexity index is 811. The van der Waals surface area contributed by atoms with E-state index in [1.807, 2.05) is 6.33 Å². The first-order valence-corrected chi connectivity index (χ1v) is 8.93. The van der Waals surface area contributed by atoms with Gasteiger partial charge in [0.05, 0.1) is 5.69 Å². The lowest BCUT2D eigenvalue weighted by molar-refractivity contribution is 0.347. The maximum absolute atomic E-state index is 13.0. The fourth-order valence-corrected chi connectivity index (χ4v) is 3.84. The zero-order valence-corrected chi connectivity index (χ0v) is 14.0. The zero-order chi connectivity index (χ0) is 16.4. The molecule has 0 saturated carbocycles. The molecule has 5 nitrogen and oxygen atoms in total. The van der Waals surface area contributed by atoms with Crippen molar-refractivity contribution in [2.24, 2.45) is 5.92 Å². The standard InChI is InChI=1S/C17H18FN5S/c18-14-4-2-13(3-5-14)17-21-15(10-24-17)8-19-7-12-1-6-16-22-20-11-23(16)9-12/h2-5,10-12,19H,1,6-9H2/t12-/m0/s1. The SMILES string of the molecule is Fc1ccc(-c2nc(CNC[C@@H]3CCc4nncn4C3)cs2)cc1. The third-order valence-electron chi connectivity index (χ3n) is 4.31. The van der Waals surface area contributed by atoms with E-state index in [1.165, 1.54) is 12.1 Å². The van der Waals surface area contributed by atoms with Crippen LogP contribution in [0.1, 0.15) is 17.9 Å². The van der Waals surface area contributed by atoms with Crippen LogP contribution in [0.3, 0.4) is 0 Å². The van der Waals surface area contributed by atoms with Crippen molar-refractivity contribution >= 4 is 11.3 Å². The van der Waals surface area contributed by atoms with Crippen molar-refractivity contribution in [3.8, 4) is 10.6 Å². The molecule has 3 heterocycles. The molecule has 1 N–H and O–H groups in total. The van der Waals surface area contributed by atoms with E-state index in [2.05, 4.69) is 30.4 Å². The molecule has 1 aliphatic heterocycles. The second-order valence-electron chi connectivity index (χ2n) is 6.09. The van der Waals surface area contributed by atoms with Crippen LogP contribution in [0, 0.1) is 11.7 Å². The number of hydrogen-bond donors (Lipinski definition) is 1. The molecule has 2 aromatic heterocycles. The molecule has 0 saturated heterocycles. The Kier molecular flexibility index (Phi) is 4.36. The highest BCUT2D eigenvalue weighted by Gasteiger charge is 2.19. The Labute approximate surface area is 143 Å². The minimum Gasteiger partial charge on any atom is -0.317 e. The van der Waals surface area contributed by atoms with Gasteiger partial charge in [-0.2, -0.15) is 0 Å². The van der Waals surface area contributed by atoms with Crippen molar-refractivity contribution in [3.63, 3.8) is 0 Å². The minimum atomic E-state index is -0.221. The lowest BCUT2D eigenvalue weighted by Crippen LogP contribution is -2.29. The van der Waals surface area contributed by atoms with E-state index in [-0.39, 0.29) is 5.82 Å². The lowest BCUT2D eigenvalue weighted by Gasteiger charge is -2.23. The Balaban J connectivity index is 1.30. The number of nitrogens with zero attached hydrogens (tertiary/aromatic N) is 4. The van der Waals surface area contributed by atoms with Crippen molar-refractivity contribution in [2.45, 2.75) is 25.9 Å². The van der Waals surface area contributed by atoms with Gasteiger partial charge in [0.1, 0.15) is 23.0 Å². The van der Waals surface area contributed by atoms with Crippen LogP contribution < -0.4 is 5.32 Å². The maximum atomic E-state index is 13.0. The number of rotatable bonds is 5. The summed E-state index contributed by atoms with van der Waals surface area (Å²) in [6, 6.07) is 6.47. The first-order chi connectivity index (χ1) is 11.8. The lowest BCUT2D eigenvalue weighted by atomic mass is 9.99. The van der Waals surface area contributed by atoms with Gasteiger partial charge < -0.3 is 9.88 Å². The third kappa shape index (κ3) is 3.37. The molecular formula is C17H18FN5S. The van der Waals surface area contributed by atoms with E-state index in [1.54, 1.807) is 23.5 Å². The topological polar surface area (TPSA) is 55.6 Å². The predicted octanol–water partition coefficient (Wildman–Crippen LogP) is 2.89. The van der Waals surface area contributed by atoms with Gasteiger partial charge in [-0.15, -0.1) is 21.5 Å². The number of halogens is 1. The Morgan fingerprint density at radius 3 is 3.04 bits per heavy atom.